The van der Waals surface area contributed by atoms with Crippen LogP contribution in [0.1, 0.15) is 5.69 Å². The van der Waals surface area contributed by atoms with E-state index in [-0.39, 0.29) is 5.11 Å². The van der Waals surface area contributed by atoms with Crippen LogP contribution in [-0.2, 0) is 0 Å². The predicted molar refractivity (Wildman–Crippen MR) is 72.7 cm³/mol. The van der Waals surface area contributed by atoms with Crippen LogP contribution in [0.2, 0.25) is 0 Å². The van der Waals surface area contributed by atoms with E-state index >= 15 is 0 Å². The van der Waals surface area contributed by atoms with Gasteiger partial charge in [-0.25, -0.2) is 4.98 Å². The standard InChI is InChI=1S/C11H11N3S2/c1-7-6-16-10(13-7)8-2-4-9(5-3-8)14-11(12)15/h2-6H,1H3,(H3,12,14,15). The molecule has 0 amide bonds. The summed E-state index contributed by atoms with van der Waals surface area (Å²) in [5.41, 5.74) is 8.43. The van der Waals surface area contributed by atoms with Gasteiger partial charge in [-0.05, 0) is 43.4 Å². The highest BCUT2D eigenvalue weighted by Gasteiger charge is 2.02. The Morgan fingerprint density at radius 3 is 2.56 bits per heavy atom. The smallest absolute Gasteiger partial charge is 0.168 e. The van der Waals surface area contributed by atoms with Gasteiger partial charge in [0.1, 0.15) is 5.01 Å². The van der Waals surface area contributed by atoms with Crippen molar-refractivity contribution < 1.29 is 0 Å². The molecule has 0 saturated heterocycles. The molecule has 1 heterocycles. The van der Waals surface area contributed by atoms with Crippen molar-refractivity contribution in [2.45, 2.75) is 6.92 Å². The fourth-order valence-electron chi connectivity index (χ4n) is 1.32. The molecule has 0 fully saturated rings. The van der Waals surface area contributed by atoms with Crippen LogP contribution in [0.15, 0.2) is 29.6 Å². The molecule has 2 rings (SSSR count). The molecular weight excluding hydrogens is 238 g/mol. The number of aromatic nitrogens is 1. The van der Waals surface area contributed by atoms with E-state index in [0.29, 0.717) is 0 Å². The lowest BCUT2D eigenvalue weighted by Crippen LogP contribution is -2.18. The van der Waals surface area contributed by atoms with Crippen LogP contribution in [-0.4, -0.2) is 10.1 Å². The number of benzene rings is 1. The number of nitrogens with zero attached hydrogens (tertiary/aromatic N) is 1. The third kappa shape index (κ3) is 2.56. The molecular formula is C11H11N3S2. The molecule has 3 N–H and O–H groups in total. The molecule has 0 bridgehead atoms. The summed E-state index contributed by atoms with van der Waals surface area (Å²) in [7, 11) is 0. The van der Waals surface area contributed by atoms with E-state index in [4.69, 9.17) is 18.0 Å². The van der Waals surface area contributed by atoms with Gasteiger partial charge in [0.15, 0.2) is 5.11 Å². The van der Waals surface area contributed by atoms with Crippen LogP contribution in [0.3, 0.4) is 0 Å². The van der Waals surface area contributed by atoms with Gasteiger partial charge in [-0.2, -0.15) is 0 Å². The summed E-state index contributed by atoms with van der Waals surface area (Å²) in [6.07, 6.45) is 0. The summed E-state index contributed by atoms with van der Waals surface area (Å²) >= 11 is 6.40. The van der Waals surface area contributed by atoms with Crippen molar-refractivity contribution in [3.05, 3.63) is 35.3 Å². The molecule has 0 saturated carbocycles. The summed E-state index contributed by atoms with van der Waals surface area (Å²) in [5.74, 6) is 0. The van der Waals surface area contributed by atoms with Gasteiger partial charge in [0, 0.05) is 22.3 Å². The highest BCUT2D eigenvalue weighted by atomic mass is 32.1. The van der Waals surface area contributed by atoms with Crippen LogP contribution in [0.4, 0.5) is 5.69 Å². The Kier molecular flexibility index (Phi) is 3.17. The van der Waals surface area contributed by atoms with E-state index in [9.17, 15) is 0 Å². The molecule has 0 aliphatic carbocycles. The number of aryl methyl sites for hydroxylation is 1. The SMILES string of the molecule is Cc1csc(-c2ccc(NC(N)=S)cc2)n1. The lowest BCUT2D eigenvalue weighted by molar-refractivity contribution is 1.27. The maximum absolute atomic E-state index is 5.39. The van der Waals surface area contributed by atoms with Crippen LogP contribution in [0, 0.1) is 6.92 Å². The number of thiocarbonyl (C=S) groups is 1. The normalized spacial score (nSPS) is 10.1. The van der Waals surface area contributed by atoms with E-state index in [0.717, 1.165) is 22.0 Å². The molecule has 2 aromatic rings. The van der Waals surface area contributed by atoms with E-state index < -0.39 is 0 Å². The molecule has 5 heteroatoms. The highest BCUT2D eigenvalue weighted by Crippen LogP contribution is 2.24. The van der Waals surface area contributed by atoms with Crippen molar-refractivity contribution in [2.75, 3.05) is 5.32 Å². The Balaban J connectivity index is 2.22. The molecule has 1 aromatic heterocycles. The first-order valence-corrected chi connectivity index (χ1v) is 6.03. The number of anilines is 1. The molecule has 0 spiro atoms. The van der Waals surface area contributed by atoms with Gasteiger partial charge >= 0.3 is 0 Å². The fourth-order valence-corrected chi connectivity index (χ4v) is 2.25. The zero-order chi connectivity index (χ0) is 11.5. The number of hydrogen-bond donors (Lipinski definition) is 2. The second-order valence-electron chi connectivity index (χ2n) is 3.36. The number of rotatable bonds is 2. The number of thiazole rings is 1. The van der Waals surface area contributed by atoms with Gasteiger partial charge in [0.25, 0.3) is 0 Å². The van der Waals surface area contributed by atoms with Gasteiger partial charge in [0.2, 0.25) is 0 Å². The van der Waals surface area contributed by atoms with Gasteiger partial charge in [-0.3, -0.25) is 0 Å². The minimum Gasteiger partial charge on any atom is -0.376 e. The van der Waals surface area contributed by atoms with E-state index in [1.165, 1.54) is 0 Å². The molecule has 0 aliphatic rings. The Hall–Kier alpha value is -1.46. The maximum Gasteiger partial charge on any atom is 0.168 e. The topological polar surface area (TPSA) is 50.9 Å². The second kappa shape index (κ2) is 4.59. The largest absolute Gasteiger partial charge is 0.376 e. The first kappa shape index (κ1) is 11.0. The van der Waals surface area contributed by atoms with Gasteiger partial charge < -0.3 is 11.1 Å². The summed E-state index contributed by atoms with van der Waals surface area (Å²) in [6, 6.07) is 7.87. The number of hydrogen-bond acceptors (Lipinski definition) is 3. The maximum atomic E-state index is 5.39. The Morgan fingerprint density at radius 1 is 1.38 bits per heavy atom. The first-order valence-electron chi connectivity index (χ1n) is 4.74. The van der Waals surface area contributed by atoms with Crippen molar-refractivity contribution >= 4 is 34.4 Å². The summed E-state index contributed by atoms with van der Waals surface area (Å²) in [4.78, 5) is 4.42. The minimum atomic E-state index is 0.276. The van der Waals surface area contributed by atoms with Crippen molar-refractivity contribution in [1.29, 1.82) is 0 Å². The number of nitrogens with one attached hydrogen (secondary N) is 1. The lowest BCUT2D eigenvalue weighted by Gasteiger charge is -2.03. The fraction of sp³-hybridized carbons (Fsp3) is 0.0909. The third-order valence-electron chi connectivity index (χ3n) is 2.02. The third-order valence-corrected chi connectivity index (χ3v) is 3.13. The van der Waals surface area contributed by atoms with Crippen molar-refractivity contribution in [3.63, 3.8) is 0 Å². The van der Waals surface area contributed by atoms with E-state index in [1.807, 2.05) is 36.6 Å². The van der Waals surface area contributed by atoms with Crippen LogP contribution < -0.4 is 11.1 Å². The van der Waals surface area contributed by atoms with Crippen LogP contribution in [0.5, 0.6) is 0 Å². The van der Waals surface area contributed by atoms with Gasteiger partial charge in [0.05, 0.1) is 0 Å². The summed E-state index contributed by atoms with van der Waals surface area (Å²) < 4.78 is 0. The lowest BCUT2D eigenvalue weighted by atomic mass is 10.2. The average molecular weight is 249 g/mol. The van der Waals surface area contributed by atoms with Gasteiger partial charge in [-0.1, -0.05) is 0 Å². The van der Waals surface area contributed by atoms with Gasteiger partial charge in [-0.15, -0.1) is 11.3 Å². The first-order chi connectivity index (χ1) is 7.65. The van der Waals surface area contributed by atoms with E-state index in [1.54, 1.807) is 11.3 Å². The second-order valence-corrected chi connectivity index (χ2v) is 4.66. The average Bonchev–Trinajstić information content (AvgIpc) is 2.65. The molecule has 0 atom stereocenters. The Bertz CT molecular complexity index is 502. The van der Waals surface area contributed by atoms with Crippen molar-refractivity contribution in [1.82, 2.24) is 4.98 Å². The quantitative estimate of drug-likeness (QED) is 0.804. The molecule has 82 valence electrons. The zero-order valence-electron chi connectivity index (χ0n) is 8.73. The molecule has 3 nitrogen and oxygen atoms in total. The van der Waals surface area contributed by atoms with Crippen LogP contribution >= 0.6 is 23.6 Å². The molecule has 1 aromatic carbocycles. The zero-order valence-corrected chi connectivity index (χ0v) is 10.4. The molecule has 16 heavy (non-hydrogen) atoms. The summed E-state index contributed by atoms with van der Waals surface area (Å²) in [5, 5.41) is 6.22. The van der Waals surface area contributed by atoms with Crippen LogP contribution in [0.25, 0.3) is 10.6 Å². The Labute approximate surface area is 103 Å². The number of nitrogens with two attached hydrogens (primary N) is 1. The van der Waals surface area contributed by atoms with Crippen molar-refractivity contribution in [2.24, 2.45) is 5.73 Å². The monoisotopic (exact) mass is 249 g/mol. The molecule has 0 aliphatic heterocycles. The Morgan fingerprint density at radius 2 is 2.06 bits per heavy atom. The summed E-state index contributed by atoms with van der Waals surface area (Å²) in [6.45, 7) is 1.99. The highest BCUT2D eigenvalue weighted by molar-refractivity contribution is 7.80. The predicted octanol–water partition coefficient (Wildman–Crippen LogP) is 2.77. The van der Waals surface area contributed by atoms with Crippen molar-refractivity contribution in [3.8, 4) is 10.6 Å². The molecule has 0 radical (unpaired) electrons. The minimum absolute atomic E-state index is 0.276. The van der Waals surface area contributed by atoms with E-state index in [2.05, 4.69) is 10.3 Å². The molecule has 0 unspecified atom stereocenters.